The Morgan fingerprint density at radius 3 is 2.24 bits per heavy atom. The summed E-state index contributed by atoms with van der Waals surface area (Å²) in [5.74, 6) is 0.123. The first-order valence-electron chi connectivity index (χ1n) is 6.78. The second-order valence-electron chi connectivity index (χ2n) is 5.31. The zero-order valence-corrected chi connectivity index (χ0v) is 11.9. The SMILES string of the molecule is CCCCCCCCOOC(C)(C)CC(C)=O. The third-order valence-electron chi connectivity index (χ3n) is 2.54. The van der Waals surface area contributed by atoms with Crippen molar-refractivity contribution in [3.05, 3.63) is 0 Å². The lowest BCUT2D eigenvalue weighted by atomic mass is 10.0. The molecule has 0 amide bonds. The van der Waals surface area contributed by atoms with Crippen LogP contribution in [0.1, 0.15) is 72.6 Å². The average Bonchev–Trinajstić information content (AvgIpc) is 2.20. The van der Waals surface area contributed by atoms with E-state index in [2.05, 4.69) is 6.92 Å². The van der Waals surface area contributed by atoms with Crippen molar-refractivity contribution >= 4 is 5.78 Å². The van der Waals surface area contributed by atoms with Gasteiger partial charge in [-0.2, -0.15) is 0 Å². The van der Waals surface area contributed by atoms with E-state index in [1.807, 2.05) is 13.8 Å². The van der Waals surface area contributed by atoms with Crippen molar-refractivity contribution < 1.29 is 14.6 Å². The van der Waals surface area contributed by atoms with Gasteiger partial charge < -0.3 is 0 Å². The first-order chi connectivity index (χ1) is 7.98. The Kier molecular flexibility index (Phi) is 9.37. The summed E-state index contributed by atoms with van der Waals surface area (Å²) in [4.78, 5) is 21.4. The van der Waals surface area contributed by atoms with E-state index >= 15 is 0 Å². The van der Waals surface area contributed by atoms with Gasteiger partial charge in [0.05, 0.1) is 6.61 Å². The summed E-state index contributed by atoms with van der Waals surface area (Å²) >= 11 is 0. The molecule has 0 atom stereocenters. The van der Waals surface area contributed by atoms with Gasteiger partial charge in [0.25, 0.3) is 0 Å². The third kappa shape index (κ3) is 11.8. The smallest absolute Gasteiger partial charge is 0.132 e. The first-order valence-corrected chi connectivity index (χ1v) is 6.78. The van der Waals surface area contributed by atoms with E-state index in [0.29, 0.717) is 13.0 Å². The van der Waals surface area contributed by atoms with E-state index in [1.54, 1.807) is 6.92 Å². The zero-order chi connectivity index (χ0) is 13.1. The van der Waals surface area contributed by atoms with Crippen LogP contribution in [0.4, 0.5) is 0 Å². The normalized spacial score (nSPS) is 11.8. The predicted molar refractivity (Wildman–Crippen MR) is 69.8 cm³/mol. The summed E-state index contributed by atoms with van der Waals surface area (Å²) in [5, 5.41) is 0. The minimum absolute atomic E-state index is 0.123. The number of hydrogen-bond acceptors (Lipinski definition) is 3. The summed E-state index contributed by atoms with van der Waals surface area (Å²) in [5.41, 5.74) is -0.506. The summed E-state index contributed by atoms with van der Waals surface area (Å²) in [6, 6.07) is 0. The van der Waals surface area contributed by atoms with Crippen molar-refractivity contribution in [3.8, 4) is 0 Å². The van der Waals surface area contributed by atoms with E-state index in [1.165, 1.54) is 32.1 Å². The molecule has 3 nitrogen and oxygen atoms in total. The largest absolute Gasteiger partial charge is 0.300 e. The van der Waals surface area contributed by atoms with Gasteiger partial charge in [-0.1, -0.05) is 39.0 Å². The molecule has 3 heteroatoms. The van der Waals surface area contributed by atoms with Crippen LogP contribution < -0.4 is 0 Å². The number of hydrogen-bond donors (Lipinski definition) is 0. The van der Waals surface area contributed by atoms with E-state index in [4.69, 9.17) is 9.78 Å². The van der Waals surface area contributed by atoms with Crippen LogP contribution in [-0.2, 0) is 14.6 Å². The van der Waals surface area contributed by atoms with Crippen LogP contribution in [-0.4, -0.2) is 18.0 Å². The first kappa shape index (κ1) is 16.6. The molecule has 0 aromatic carbocycles. The molecule has 0 spiro atoms. The fraction of sp³-hybridized carbons (Fsp3) is 0.929. The van der Waals surface area contributed by atoms with Crippen LogP contribution in [0.3, 0.4) is 0 Å². The van der Waals surface area contributed by atoms with Gasteiger partial charge in [-0.3, -0.25) is 4.79 Å². The maximum absolute atomic E-state index is 11.0. The molecule has 0 bridgehead atoms. The van der Waals surface area contributed by atoms with E-state index in [-0.39, 0.29) is 5.78 Å². The second-order valence-corrected chi connectivity index (χ2v) is 5.31. The highest BCUT2D eigenvalue weighted by molar-refractivity contribution is 5.76. The van der Waals surface area contributed by atoms with Gasteiger partial charge in [0.15, 0.2) is 0 Å². The van der Waals surface area contributed by atoms with Crippen molar-refractivity contribution in [3.63, 3.8) is 0 Å². The summed E-state index contributed by atoms with van der Waals surface area (Å²) in [6.45, 7) is 8.14. The lowest BCUT2D eigenvalue weighted by Crippen LogP contribution is -2.27. The van der Waals surface area contributed by atoms with Crippen LogP contribution in [0.5, 0.6) is 0 Å². The fourth-order valence-corrected chi connectivity index (χ4v) is 1.77. The molecule has 0 aromatic rings. The molecule has 0 aromatic heterocycles. The van der Waals surface area contributed by atoms with Crippen LogP contribution in [0, 0.1) is 0 Å². The van der Waals surface area contributed by atoms with Gasteiger partial charge in [-0.05, 0) is 27.2 Å². The minimum atomic E-state index is -0.506. The fourth-order valence-electron chi connectivity index (χ4n) is 1.77. The van der Waals surface area contributed by atoms with Crippen LogP contribution in [0.2, 0.25) is 0 Å². The third-order valence-corrected chi connectivity index (χ3v) is 2.54. The molecule has 0 heterocycles. The molecule has 0 saturated heterocycles. The number of unbranched alkanes of at least 4 members (excludes halogenated alkanes) is 5. The van der Waals surface area contributed by atoms with Gasteiger partial charge >= 0.3 is 0 Å². The molecule has 0 radical (unpaired) electrons. The molecule has 0 rings (SSSR count). The Balaban J connectivity index is 3.35. The monoisotopic (exact) mass is 244 g/mol. The number of carbonyl (C=O) groups is 1. The number of carbonyl (C=O) groups excluding carboxylic acids is 1. The lowest BCUT2D eigenvalue weighted by molar-refractivity contribution is -0.352. The number of ketones is 1. The Hall–Kier alpha value is -0.410. The maximum atomic E-state index is 11.0. The second kappa shape index (κ2) is 9.60. The molecule has 0 unspecified atom stereocenters. The van der Waals surface area contributed by atoms with Crippen LogP contribution in [0.25, 0.3) is 0 Å². The van der Waals surface area contributed by atoms with Gasteiger partial charge in [0.1, 0.15) is 11.4 Å². The number of Topliss-reactive ketones (excluding diaryl/α,β-unsaturated/α-hetero) is 1. The van der Waals surface area contributed by atoms with Gasteiger partial charge in [-0.15, -0.1) is 0 Å². The topological polar surface area (TPSA) is 35.5 Å². The molecule has 102 valence electrons. The standard InChI is InChI=1S/C14H28O3/c1-5-6-7-8-9-10-11-16-17-14(3,4)12-13(2)15/h5-12H2,1-4H3. The Morgan fingerprint density at radius 1 is 1.06 bits per heavy atom. The van der Waals surface area contributed by atoms with E-state index in [9.17, 15) is 4.79 Å². The van der Waals surface area contributed by atoms with E-state index < -0.39 is 5.60 Å². The average molecular weight is 244 g/mol. The molecule has 0 aliphatic heterocycles. The summed E-state index contributed by atoms with van der Waals surface area (Å²) in [6.07, 6.45) is 7.79. The highest BCUT2D eigenvalue weighted by Crippen LogP contribution is 2.15. The molecular formula is C14H28O3. The number of rotatable bonds is 11. The van der Waals surface area contributed by atoms with Gasteiger partial charge in [0.2, 0.25) is 0 Å². The van der Waals surface area contributed by atoms with Crippen LogP contribution in [0.15, 0.2) is 0 Å². The lowest BCUT2D eigenvalue weighted by Gasteiger charge is -2.21. The van der Waals surface area contributed by atoms with E-state index in [0.717, 1.165) is 6.42 Å². The minimum Gasteiger partial charge on any atom is -0.300 e. The molecule has 0 N–H and O–H groups in total. The van der Waals surface area contributed by atoms with Gasteiger partial charge in [0, 0.05) is 6.42 Å². The highest BCUT2D eigenvalue weighted by Gasteiger charge is 2.21. The zero-order valence-electron chi connectivity index (χ0n) is 11.9. The highest BCUT2D eigenvalue weighted by atomic mass is 17.2. The van der Waals surface area contributed by atoms with Crippen LogP contribution >= 0.6 is 0 Å². The van der Waals surface area contributed by atoms with Crippen molar-refractivity contribution in [2.24, 2.45) is 0 Å². The molecule has 0 fully saturated rings. The Labute approximate surface area is 106 Å². The van der Waals surface area contributed by atoms with Crippen molar-refractivity contribution in [1.29, 1.82) is 0 Å². The predicted octanol–water partition coefficient (Wildman–Crippen LogP) is 4.05. The maximum Gasteiger partial charge on any atom is 0.132 e. The summed E-state index contributed by atoms with van der Waals surface area (Å²) in [7, 11) is 0. The molecule has 0 aliphatic rings. The molecular weight excluding hydrogens is 216 g/mol. The van der Waals surface area contributed by atoms with Crippen molar-refractivity contribution in [1.82, 2.24) is 0 Å². The quantitative estimate of drug-likeness (QED) is 0.312. The summed E-state index contributed by atoms with van der Waals surface area (Å²) < 4.78 is 0. The van der Waals surface area contributed by atoms with Gasteiger partial charge in [-0.25, -0.2) is 9.78 Å². The van der Waals surface area contributed by atoms with Crippen molar-refractivity contribution in [2.75, 3.05) is 6.61 Å². The Bertz CT molecular complexity index is 200. The molecule has 0 saturated carbocycles. The molecule has 17 heavy (non-hydrogen) atoms. The molecule has 0 aliphatic carbocycles. The Morgan fingerprint density at radius 2 is 1.65 bits per heavy atom. The van der Waals surface area contributed by atoms with Crippen molar-refractivity contribution in [2.45, 2.75) is 78.2 Å².